The topological polar surface area (TPSA) is 59.4 Å². The maximum Gasteiger partial charge on any atom is 0.310 e. The Hall–Kier alpha value is -1.84. The number of nitrogens with one attached hydrogen (secondary N) is 1. The van der Waals surface area contributed by atoms with Crippen LogP contribution in [0.5, 0.6) is 0 Å². The van der Waals surface area contributed by atoms with Crippen molar-refractivity contribution in [2.24, 2.45) is 0 Å². The van der Waals surface area contributed by atoms with Crippen LogP contribution in [0.25, 0.3) is 0 Å². The van der Waals surface area contributed by atoms with Gasteiger partial charge >= 0.3 is 5.97 Å². The van der Waals surface area contributed by atoms with Crippen LogP contribution < -0.4 is 0 Å². The summed E-state index contributed by atoms with van der Waals surface area (Å²) < 4.78 is 9.86. The van der Waals surface area contributed by atoms with Gasteiger partial charge in [-0.25, -0.2) is 0 Å². The Labute approximate surface area is 107 Å². The van der Waals surface area contributed by atoms with E-state index in [0.717, 1.165) is 16.7 Å². The molecule has 1 N–H and O–H groups in total. The Bertz CT molecular complexity index is 441. The molecule has 1 rings (SSSR count). The molecule has 4 nitrogen and oxygen atoms in total. The summed E-state index contributed by atoms with van der Waals surface area (Å²) >= 11 is 0. The Kier molecular flexibility index (Phi) is 5.36. The minimum Gasteiger partial charge on any atom is -0.479 e. The smallest absolute Gasteiger partial charge is 0.310 e. The molecule has 4 heteroatoms. The highest BCUT2D eigenvalue weighted by Crippen LogP contribution is 2.11. The predicted molar refractivity (Wildman–Crippen MR) is 69.9 cm³/mol. The van der Waals surface area contributed by atoms with Crippen LogP contribution in [0.4, 0.5) is 0 Å². The quantitative estimate of drug-likeness (QED) is 0.495. The molecule has 0 heterocycles. The maximum absolute atomic E-state index is 11.6. The number of carbonyl (C=O) groups excluding carboxylic acids is 1. The fraction of sp³-hybridized carbons (Fsp3) is 0.429. The number of benzene rings is 1. The van der Waals surface area contributed by atoms with E-state index in [1.165, 1.54) is 0 Å². The highest BCUT2D eigenvalue weighted by molar-refractivity contribution is 5.79. The molecule has 18 heavy (non-hydrogen) atoms. The number of hydrogen-bond acceptors (Lipinski definition) is 4. The third-order valence-electron chi connectivity index (χ3n) is 2.52. The molecule has 1 aromatic carbocycles. The van der Waals surface area contributed by atoms with Crippen molar-refractivity contribution in [1.29, 1.82) is 5.41 Å². The molecule has 0 aromatic heterocycles. The first kappa shape index (κ1) is 14.2. The summed E-state index contributed by atoms with van der Waals surface area (Å²) in [6, 6.07) is 5.97. The van der Waals surface area contributed by atoms with E-state index in [2.05, 4.69) is 0 Å². The Morgan fingerprint density at radius 2 is 2.00 bits per heavy atom. The van der Waals surface area contributed by atoms with Gasteiger partial charge in [0.05, 0.1) is 13.0 Å². The molecule has 1 aromatic rings. The lowest BCUT2D eigenvalue weighted by molar-refractivity contribution is -0.141. The molecule has 0 fully saturated rings. The van der Waals surface area contributed by atoms with Gasteiger partial charge in [0, 0.05) is 0 Å². The van der Waals surface area contributed by atoms with Crippen LogP contribution in [0.3, 0.4) is 0 Å². The van der Waals surface area contributed by atoms with Crippen molar-refractivity contribution in [2.45, 2.75) is 27.2 Å². The fourth-order valence-electron chi connectivity index (χ4n) is 1.56. The Balaban J connectivity index is 2.49. The normalized spacial score (nSPS) is 9.94. The first-order valence-electron chi connectivity index (χ1n) is 5.95. The van der Waals surface area contributed by atoms with E-state index in [-0.39, 0.29) is 24.9 Å². The minimum absolute atomic E-state index is 0.0215. The van der Waals surface area contributed by atoms with Gasteiger partial charge < -0.3 is 9.47 Å². The maximum atomic E-state index is 11.6. The predicted octanol–water partition coefficient (Wildman–Crippen LogP) is 2.40. The van der Waals surface area contributed by atoms with Crippen molar-refractivity contribution in [2.75, 3.05) is 13.2 Å². The van der Waals surface area contributed by atoms with E-state index < -0.39 is 0 Å². The molecule has 0 amide bonds. The lowest BCUT2D eigenvalue weighted by Gasteiger charge is -2.08. The van der Waals surface area contributed by atoms with Crippen LogP contribution in [0.15, 0.2) is 18.2 Å². The van der Waals surface area contributed by atoms with Gasteiger partial charge in [0.15, 0.2) is 6.61 Å². The summed E-state index contributed by atoms with van der Waals surface area (Å²) in [6.07, 6.45) is 0.229. The standard InChI is InChI=1S/C14H19NO3/c1-4-17-13(15)9-18-14(16)8-12-7-10(2)5-6-11(12)3/h5-7,15H,4,8-9H2,1-3H3. The van der Waals surface area contributed by atoms with Crippen LogP contribution in [-0.2, 0) is 20.7 Å². The fourth-order valence-corrected chi connectivity index (χ4v) is 1.56. The number of ether oxygens (including phenoxy) is 2. The minimum atomic E-state index is -0.340. The summed E-state index contributed by atoms with van der Waals surface area (Å²) in [5.74, 6) is -0.361. The molecule has 0 aliphatic rings. The first-order valence-corrected chi connectivity index (χ1v) is 5.95. The number of esters is 1. The molecular formula is C14H19NO3. The van der Waals surface area contributed by atoms with Crippen LogP contribution in [-0.4, -0.2) is 25.1 Å². The summed E-state index contributed by atoms with van der Waals surface area (Å²) in [7, 11) is 0. The molecule has 0 atom stereocenters. The third kappa shape index (κ3) is 4.57. The summed E-state index contributed by atoms with van der Waals surface area (Å²) in [6.45, 7) is 6.04. The molecular weight excluding hydrogens is 230 g/mol. The second-order valence-corrected chi connectivity index (χ2v) is 4.12. The summed E-state index contributed by atoms with van der Waals surface area (Å²) in [4.78, 5) is 11.6. The van der Waals surface area contributed by atoms with Crippen molar-refractivity contribution in [1.82, 2.24) is 0 Å². The first-order chi connectivity index (χ1) is 8.52. The van der Waals surface area contributed by atoms with E-state index in [0.29, 0.717) is 6.61 Å². The SMILES string of the molecule is CCOC(=N)COC(=O)Cc1cc(C)ccc1C. The van der Waals surface area contributed by atoms with Gasteiger partial charge in [0.2, 0.25) is 5.90 Å². The largest absolute Gasteiger partial charge is 0.479 e. The number of aryl methyl sites for hydroxylation is 2. The van der Waals surface area contributed by atoms with E-state index in [1.54, 1.807) is 6.92 Å². The molecule has 0 aliphatic carbocycles. The monoisotopic (exact) mass is 249 g/mol. The Morgan fingerprint density at radius 1 is 1.28 bits per heavy atom. The van der Waals surface area contributed by atoms with E-state index in [4.69, 9.17) is 14.9 Å². The van der Waals surface area contributed by atoms with Gasteiger partial charge in [-0.15, -0.1) is 0 Å². The van der Waals surface area contributed by atoms with Gasteiger partial charge in [-0.2, -0.15) is 0 Å². The molecule has 98 valence electrons. The highest BCUT2D eigenvalue weighted by Gasteiger charge is 2.09. The third-order valence-corrected chi connectivity index (χ3v) is 2.52. The number of rotatable bonds is 5. The Morgan fingerprint density at radius 3 is 2.67 bits per heavy atom. The lowest BCUT2D eigenvalue weighted by Crippen LogP contribution is -2.17. The van der Waals surface area contributed by atoms with E-state index in [9.17, 15) is 4.79 Å². The van der Waals surface area contributed by atoms with Gasteiger partial charge in [-0.3, -0.25) is 10.2 Å². The van der Waals surface area contributed by atoms with Crippen molar-refractivity contribution in [3.63, 3.8) is 0 Å². The van der Waals surface area contributed by atoms with Crippen molar-refractivity contribution in [3.8, 4) is 0 Å². The summed E-state index contributed by atoms with van der Waals surface area (Å²) in [5.41, 5.74) is 3.14. The second-order valence-electron chi connectivity index (χ2n) is 4.12. The molecule has 0 unspecified atom stereocenters. The highest BCUT2D eigenvalue weighted by atomic mass is 16.6. The van der Waals surface area contributed by atoms with Crippen LogP contribution in [0, 0.1) is 19.3 Å². The van der Waals surface area contributed by atoms with Gasteiger partial charge in [0.25, 0.3) is 0 Å². The zero-order valence-corrected chi connectivity index (χ0v) is 11.1. The van der Waals surface area contributed by atoms with Crippen molar-refractivity contribution < 1.29 is 14.3 Å². The molecule has 0 radical (unpaired) electrons. The molecule has 0 saturated heterocycles. The zero-order chi connectivity index (χ0) is 13.5. The van der Waals surface area contributed by atoms with E-state index in [1.807, 2.05) is 32.0 Å². The lowest BCUT2D eigenvalue weighted by atomic mass is 10.0. The van der Waals surface area contributed by atoms with Gasteiger partial charge in [0.1, 0.15) is 0 Å². The molecule has 0 bridgehead atoms. The van der Waals surface area contributed by atoms with Crippen LogP contribution in [0.1, 0.15) is 23.6 Å². The average molecular weight is 249 g/mol. The van der Waals surface area contributed by atoms with Crippen LogP contribution >= 0.6 is 0 Å². The van der Waals surface area contributed by atoms with Crippen LogP contribution in [0.2, 0.25) is 0 Å². The van der Waals surface area contributed by atoms with Crippen molar-refractivity contribution in [3.05, 3.63) is 34.9 Å². The number of hydrogen-bond donors (Lipinski definition) is 1. The molecule has 0 saturated carbocycles. The van der Waals surface area contributed by atoms with E-state index >= 15 is 0 Å². The van der Waals surface area contributed by atoms with Gasteiger partial charge in [-0.1, -0.05) is 23.8 Å². The number of carbonyl (C=O) groups is 1. The summed E-state index contributed by atoms with van der Waals surface area (Å²) in [5, 5.41) is 7.34. The second kappa shape index (κ2) is 6.79. The van der Waals surface area contributed by atoms with Crippen molar-refractivity contribution >= 4 is 11.9 Å². The van der Waals surface area contributed by atoms with Gasteiger partial charge in [-0.05, 0) is 31.9 Å². The zero-order valence-electron chi connectivity index (χ0n) is 11.1. The molecule has 0 spiro atoms. The average Bonchev–Trinajstić information content (AvgIpc) is 2.32. The molecule has 0 aliphatic heterocycles.